The maximum Gasteiger partial charge on any atom is 0.347 e. The van der Waals surface area contributed by atoms with Gasteiger partial charge in [0.15, 0.2) is 0 Å². The van der Waals surface area contributed by atoms with E-state index in [2.05, 4.69) is 4.99 Å². The molecule has 0 aromatic carbocycles. The summed E-state index contributed by atoms with van der Waals surface area (Å²) in [5.74, 6) is -2.11. The molecular weight excluding hydrogens is 236 g/mol. The van der Waals surface area contributed by atoms with Gasteiger partial charge in [-0.3, -0.25) is 10.1 Å². The van der Waals surface area contributed by atoms with Gasteiger partial charge in [0.1, 0.15) is 5.88 Å². The topological polar surface area (TPSA) is 95.8 Å². The highest BCUT2D eigenvalue weighted by atomic mass is 35.5. The van der Waals surface area contributed by atoms with Gasteiger partial charge in [0.2, 0.25) is 5.91 Å². The van der Waals surface area contributed by atoms with Crippen LogP contribution in [0.2, 0.25) is 0 Å². The number of urea groups is 1. The van der Waals surface area contributed by atoms with Crippen LogP contribution in [0.3, 0.4) is 0 Å². The van der Waals surface area contributed by atoms with Crippen LogP contribution in [0.25, 0.3) is 0 Å². The van der Waals surface area contributed by atoms with Crippen LogP contribution in [0.5, 0.6) is 0 Å². The maximum absolute atomic E-state index is 11.0. The van der Waals surface area contributed by atoms with Crippen molar-refractivity contribution in [3.63, 3.8) is 0 Å². The number of carboxylic acid groups (broad SMARTS) is 1. The lowest BCUT2D eigenvalue weighted by Gasteiger charge is -1.97. The standard InChI is InChI=1S/C9H11ClN2O4/c1-5(8(14)15)3-6(2)11-9(16)12-7(13)4-10/h3H,4H2,1-2H3,(H,14,15)(H,12,13,16)/b5-3+,11-6?. The molecule has 7 heteroatoms. The number of aliphatic imine (C=N–C) groups is 1. The van der Waals surface area contributed by atoms with Crippen LogP contribution >= 0.6 is 11.6 Å². The van der Waals surface area contributed by atoms with Crippen molar-refractivity contribution < 1.29 is 19.5 Å². The van der Waals surface area contributed by atoms with Crippen molar-refractivity contribution >= 4 is 35.2 Å². The van der Waals surface area contributed by atoms with Crippen molar-refractivity contribution in [2.75, 3.05) is 5.88 Å². The van der Waals surface area contributed by atoms with Crippen LogP contribution in [-0.4, -0.2) is 34.6 Å². The number of carbonyl (C=O) groups excluding carboxylic acids is 2. The second kappa shape index (κ2) is 6.73. The number of allylic oxidation sites excluding steroid dienone is 1. The first kappa shape index (κ1) is 14.3. The lowest BCUT2D eigenvalue weighted by Crippen LogP contribution is -2.29. The van der Waals surface area contributed by atoms with Crippen molar-refractivity contribution in [1.29, 1.82) is 0 Å². The summed E-state index contributed by atoms with van der Waals surface area (Å²) in [7, 11) is 0. The molecule has 0 fully saturated rings. The monoisotopic (exact) mass is 246 g/mol. The van der Waals surface area contributed by atoms with Crippen LogP contribution < -0.4 is 5.32 Å². The maximum atomic E-state index is 11.0. The van der Waals surface area contributed by atoms with Crippen molar-refractivity contribution in [3.8, 4) is 0 Å². The summed E-state index contributed by atoms with van der Waals surface area (Å²) in [6.45, 7) is 2.81. The Kier molecular flexibility index (Phi) is 6.02. The number of aliphatic carboxylic acids is 1. The number of imide groups is 1. The summed E-state index contributed by atoms with van der Waals surface area (Å²) in [6, 6.07) is -0.877. The van der Waals surface area contributed by atoms with E-state index in [-0.39, 0.29) is 17.2 Å². The van der Waals surface area contributed by atoms with E-state index in [0.717, 1.165) is 0 Å². The van der Waals surface area contributed by atoms with E-state index in [1.807, 2.05) is 5.32 Å². The highest BCUT2D eigenvalue weighted by Gasteiger charge is 2.05. The molecule has 0 aromatic heterocycles. The SMILES string of the molecule is CC(/C=C(\C)C(=O)O)=NC(=O)NC(=O)CCl. The molecule has 0 spiro atoms. The third kappa shape index (κ3) is 5.92. The van der Waals surface area contributed by atoms with Gasteiger partial charge in [-0.25, -0.2) is 9.59 Å². The van der Waals surface area contributed by atoms with Crippen LogP contribution in [0.15, 0.2) is 16.6 Å². The van der Waals surface area contributed by atoms with E-state index < -0.39 is 17.9 Å². The van der Waals surface area contributed by atoms with Gasteiger partial charge in [-0.2, -0.15) is 4.99 Å². The number of rotatable bonds is 3. The van der Waals surface area contributed by atoms with Gasteiger partial charge in [-0.1, -0.05) is 0 Å². The van der Waals surface area contributed by atoms with Gasteiger partial charge in [-0.05, 0) is 19.9 Å². The minimum absolute atomic E-state index is 0.0396. The van der Waals surface area contributed by atoms with E-state index in [0.29, 0.717) is 0 Å². The first-order valence-corrected chi connectivity index (χ1v) is 4.77. The zero-order valence-electron chi connectivity index (χ0n) is 8.78. The fourth-order valence-corrected chi connectivity index (χ4v) is 0.815. The minimum atomic E-state index is -1.10. The van der Waals surface area contributed by atoms with Gasteiger partial charge in [0.25, 0.3) is 0 Å². The van der Waals surface area contributed by atoms with Crippen molar-refractivity contribution in [3.05, 3.63) is 11.6 Å². The summed E-state index contributed by atoms with van der Waals surface area (Å²) in [6.07, 6.45) is 1.22. The Morgan fingerprint density at radius 2 is 1.94 bits per heavy atom. The van der Waals surface area contributed by atoms with Crippen LogP contribution in [0.4, 0.5) is 4.79 Å². The molecule has 0 aliphatic heterocycles. The lowest BCUT2D eigenvalue weighted by atomic mass is 10.2. The van der Waals surface area contributed by atoms with E-state index in [1.54, 1.807) is 0 Å². The molecule has 88 valence electrons. The molecule has 0 saturated heterocycles. The Morgan fingerprint density at radius 3 is 2.38 bits per heavy atom. The smallest absolute Gasteiger partial charge is 0.347 e. The number of alkyl halides is 1. The second-order valence-electron chi connectivity index (χ2n) is 2.87. The number of nitrogens with one attached hydrogen (secondary N) is 1. The Morgan fingerprint density at radius 1 is 1.38 bits per heavy atom. The predicted molar refractivity (Wildman–Crippen MR) is 58.8 cm³/mol. The largest absolute Gasteiger partial charge is 0.478 e. The number of hydrogen-bond acceptors (Lipinski definition) is 3. The van der Waals surface area contributed by atoms with E-state index >= 15 is 0 Å². The highest BCUT2D eigenvalue weighted by Crippen LogP contribution is 1.94. The van der Waals surface area contributed by atoms with Gasteiger partial charge in [0, 0.05) is 11.3 Å². The normalized spacial score (nSPS) is 12.2. The summed E-state index contributed by atoms with van der Waals surface area (Å²) < 4.78 is 0. The van der Waals surface area contributed by atoms with Gasteiger partial charge in [0.05, 0.1) is 0 Å². The molecule has 6 nitrogen and oxygen atoms in total. The fraction of sp³-hybridized carbons (Fsp3) is 0.333. The van der Waals surface area contributed by atoms with Crippen LogP contribution in [0.1, 0.15) is 13.8 Å². The summed E-state index contributed by atoms with van der Waals surface area (Å²) in [4.78, 5) is 35.6. The summed E-state index contributed by atoms with van der Waals surface area (Å²) in [5.41, 5.74) is 0.220. The molecule has 0 radical (unpaired) electrons. The molecule has 0 heterocycles. The van der Waals surface area contributed by atoms with Crippen LogP contribution in [0, 0.1) is 0 Å². The molecular formula is C9H11ClN2O4. The van der Waals surface area contributed by atoms with Crippen molar-refractivity contribution in [1.82, 2.24) is 5.32 Å². The first-order valence-electron chi connectivity index (χ1n) is 4.23. The zero-order valence-corrected chi connectivity index (χ0v) is 9.54. The molecule has 0 aromatic rings. The molecule has 0 aliphatic carbocycles. The molecule has 0 atom stereocenters. The zero-order chi connectivity index (χ0) is 12.7. The van der Waals surface area contributed by atoms with Crippen molar-refractivity contribution in [2.24, 2.45) is 4.99 Å². The molecule has 0 unspecified atom stereocenters. The number of nitrogens with zero attached hydrogens (tertiary/aromatic N) is 1. The molecule has 2 N–H and O–H groups in total. The molecule has 16 heavy (non-hydrogen) atoms. The van der Waals surface area contributed by atoms with E-state index in [1.165, 1.54) is 19.9 Å². The molecule has 0 rings (SSSR count). The van der Waals surface area contributed by atoms with E-state index in [9.17, 15) is 14.4 Å². The third-order valence-electron chi connectivity index (χ3n) is 1.41. The Balaban J connectivity index is 4.55. The second-order valence-corrected chi connectivity index (χ2v) is 3.14. The Labute approximate surface area is 97.0 Å². The lowest BCUT2D eigenvalue weighted by molar-refractivity contribution is -0.132. The minimum Gasteiger partial charge on any atom is -0.478 e. The van der Waals surface area contributed by atoms with Crippen LogP contribution in [-0.2, 0) is 9.59 Å². The summed E-state index contributed by atoms with van der Waals surface area (Å²) in [5, 5.41) is 10.4. The number of carbonyl (C=O) groups is 3. The number of carboxylic acids is 1. The number of amides is 3. The predicted octanol–water partition coefficient (Wildman–Crippen LogP) is 0.953. The van der Waals surface area contributed by atoms with Crippen molar-refractivity contribution in [2.45, 2.75) is 13.8 Å². The summed E-state index contributed by atoms with van der Waals surface area (Å²) >= 11 is 5.16. The Hall–Kier alpha value is -1.69. The fourth-order valence-electron chi connectivity index (χ4n) is 0.748. The third-order valence-corrected chi connectivity index (χ3v) is 1.65. The average Bonchev–Trinajstić information content (AvgIpc) is 2.16. The highest BCUT2D eigenvalue weighted by molar-refractivity contribution is 6.28. The number of hydrogen-bond donors (Lipinski definition) is 2. The average molecular weight is 247 g/mol. The van der Waals surface area contributed by atoms with E-state index in [4.69, 9.17) is 16.7 Å². The molecule has 0 saturated carbocycles. The molecule has 0 bridgehead atoms. The Bertz CT molecular complexity index is 374. The quantitative estimate of drug-likeness (QED) is 0.440. The molecule has 0 aliphatic rings. The van der Waals surface area contributed by atoms with Gasteiger partial charge < -0.3 is 5.11 Å². The van der Waals surface area contributed by atoms with Gasteiger partial charge >= 0.3 is 12.0 Å². The van der Waals surface area contributed by atoms with Gasteiger partial charge in [-0.15, -0.1) is 11.6 Å². The molecule has 3 amide bonds. The first-order chi connectivity index (χ1) is 7.36. The number of halogens is 1.